The highest BCUT2D eigenvalue weighted by atomic mass is 15.0. The van der Waals surface area contributed by atoms with Crippen molar-refractivity contribution >= 4 is 65.2 Å². The first-order valence-corrected chi connectivity index (χ1v) is 27.6. The van der Waals surface area contributed by atoms with E-state index in [9.17, 15) is 0 Å². The van der Waals surface area contributed by atoms with Crippen LogP contribution in [0.2, 0.25) is 0 Å². The third-order valence-corrected chi connectivity index (χ3v) is 17.3. The summed E-state index contributed by atoms with van der Waals surface area (Å²) in [4.78, 5) is 0. The lowest BCUT2D eigenvalue weighted by atomic mass is 9.67. The number of benzene rings is 13. The minimum atomic E-state index is -0.568. The van der Waals surface area contributed by atoms with Crippen LogP contribution in [0, 0.1) is 13.8 Å². The second-order valence-corrected chi connectivity index (χ2v) is 21.6. The molecule has 0 N–H and O–H groups in total. The van der Waals surface area contributed by atoms with Crippen LogP contribution in [0.3, 0.4) is 0 Å². The van der Waals surface area contributed by atoms with Gasteiger partial charge in [0.25, 0.3) is 0 Å². The Labute approximate surface area is 459 Å². The van der Waals surface area contributed by atoms with E-state index in [0.29, 0.717) is 0 Å². The van der Waals surface area contributed by atoms with Gasteiger partial charge in [-0.3, -0.25) is 0 Å². The molecule has 1 aliphatic rings. The maximum absolute atomic E-state index is 2.53. The van der Waals surface area contributed by atoms with Crippen molar-refractivity contribution < 1.29 is 0 Å². The maximum Gasteiger partial charge on any atom is 0.0713 e. The summed E-state index contributed by atoms with van der Waals surface area (Å²) in [5.41, 5.74) is 23.9. The van der Waals surface area contributed by atoms with Crippen LogP contribution in [-0.2, 0) is 5.41 Å². The monoisotopic (exact) mass is 1000 g/mol. The molecule has 0 bridgehead atoms. The Hall–Kier alpha value is -10.0. The highest BCUT2D eigenvalue weighted by molar-refractivity contribution is 6.24. The summed E-state index contributed by atoms with van der Waals surface area (Å²) < 4.78 is 4.96. The molecule has 0 saturated heterocycles. The van der Waals surface area contributed by atoms with E-state index < -0.39 is 5.41 Å². The van der Waals surface area contributed by atoms with Gasteiger partial charge in [0.2, 0.25) is 0 Å². The van der Waals surface area contributed by atoms with E-state index in [0.717, 1.165) is 11.4 Å². The van der Waals surface area contributed by atoms with Crippen molar-refractivity contribution in [2.45, 2.75) is 19.3 Å². The Balaban J connectivity index is 1.07. The van der Waals surface area contributed by atoms with Crippen LogP contribution in [0.1, 0.15) is 33.4 Å². The van der Waals surface area contributed by atoms with E-state index in [1.807, 2.05) is 0 Å². The van der Waals surface area contributed by atoms with Crippen LogP contribution in [0.15, 0.2) is 279 Å². The van der Waals surface area contributed by atoms with Gasteiger partial charge in [-0.05, 0) is 133 Å². The quantitative estimate of drug-likeness (QED) is 0.141. The van der Waals surface area contributed by atoms with Crippen molar-refractivity contribution in [3.8, 4) is 55.9 Å². The number of nitrogens with zero attached hydrogens (tertiary/aromatic N) is 2. The van der Waals surface area contributed by atoms with Gasteiger partial charge in [0, 0.05) is 44.0 Å². The molecule has 2 aromatic heterocycles. The fraction of sp³-hybridized carbons (Fsp3) is 0.0390. The number of para-hydroxylation sites is 6. The predicted octanol–water partition coefficient (Wildman–Crippen LogP) is 20.2. The molecule has 0 saturated carbocycles. The van der Waals surface area contributed by atoms with E-state index in [-0.39, 0.29) is 0 Å². The molecule has 370 valence electrons. The fourth-order valence-corrected chi connectivity index (χ4v) is 14.0. The fourth-order valence-electron chi connectivity index (χ4n) is 14.0. The molecule has 0 radical (unpaired) electrons. The molecular weight excluding hydrogens is 953 g/mol. The standard InChI is InChI=1S/C77H52N2/c1-49-40-44-51(45-41-49)77(52-46-42-50(2)43-47-52)69-36-12-9-26-65(69)74-66(35-19-37-70(74)77)73-59-29-15-27-55(61-31-17-33-63-57-24-10-13-38-71(57)78(75(61)63)53-20-5-3-6-21-53)67(59)48-68-56(28-16-30-60(68)73)62-32-18-34-64-58-25-11-14-39-72(58)79(76(62)64)54-22-7-4-8-23-54/h3-48H,1-2H3. The number of hydrogen-bond acceptors (Lipinski definition) is 0. The molecule has 2 heteroatoms. The van der Waals surface area contributed by atoms with Crippen molar-refractivity contribution in [1.82, 2.24) is 9.13 Å². The number of hydrogen-bond donors (Lipinski definition) is 0. The van der Waals surface area contributed by atoms with Crippen LogP contribution in [0.4, 0.5) is 0 Å². The van der Waals surface area contributed by atoms with E-state index in [4.69, 9.17) is 0 Å². The summed E-state index contributed by atoms with van der Waals surface area (Å²) in [6.45, 7) is 4.38. The van der Waals surface area contributed by atoms with Gasteiger partial charge in [-0.2, -0.15) is 0 Å². The number of aromatic nitrogens is 2. The van der Waals surface area contributed by atoms with Crippen molar-refractivity contribution in [3.63, 3.8) is 0 Å². The molecule has 0 unspecified atom stereocenters. The van der Waals surface area contributed by atoms with Gasteiger partial charge in [0.05, 0.1) is 27.5 Å². The van der Waals surface area contributed by atoms with Gasteiger partial charge in [-0.15, -0.1) is 0 Å². The smallest absolute Gasteiger partial charge is 0.0713 e. The van der Waals surface area contributed by atoms with Gasteiger partial charge in [0.15, 0.2) is 0 Å². The lowest BCUT2D eigenvalue weighted by molar-refractivity contribution is 0.767. The van der Waals surface area contributed by atoms with Crippen molar-refractivity contribution in [2.24, 2.45) is 0 Å². The Morgan fingerprint density at radius 1 is 0.253 bits per heavy atom. The van der Waals surface area contributed by atoms with Gasteiger partial charge < -0.3 is 9.13 Å². The molecule has 0 spiro atoms. The average molecular weight is 1010 g/mol. The first kappa shape index (κ1) is 45.2. The Kier molecular flexibility index (Phi) is 10.0. The number of aryl methyl sites for hydroxylation is 2. The normalized spacial score (nSPS) is 12.8. The molecular formula is C77H52N2. The molecule has 15 aromatic rings. The molecule has 2 heterocycles. The van der Waals surface area contributed by atoms with Crippen LogP contribution in [0.5, 0.6) is 0 Å². The van der Waals surface area contributed by atoms with E-state index >= 15 is 0 Å². The minimum absolute atomic E-state index is 0.568. The molecule has 0 fully saturated rings. The summed E-state index contributed by atoms with van der Waals surface area (Å²) in [5, 5.41) is 9.79. The summed E-state index contributed by atoms with van der Waals surface area (Å²) in [7, 11) is 0. The summed E-state index contributed by atoms with van der Waals surface area (Å²) in [6, 6.07) is 105. The Morgan fingerprint density at radius 3 is 1.15 bits per heavy atom. The molecule has 2 nitrogen and oxygen atoms in total. The van der Waals surface area contributed by atoms with Crippen LogP contribution >= 0.6 is 0 Å². The van der Waals surface area contributed by atoms with Crippen LogP contribution in [0.25, 0.3) is 121 Å². The summed E-state index contributed by atoms with van der Waals surface area (Å²) >= 11 is 0. The first-order valence-electron chi connectivity index (χ1n) is 27.6. The zero-order chi connectivity index (χ0) is 52.3. The van der Waals surface area contributed by atoms with E-state index in [1.54, 1.807) is 0 Å². The third kappa shape index (κ3) is 6.52. The molecule has 0 atom stereocenters. The largest absolute Gasteiger partial charge is 0.309 e. The molecule has 16 rings (SSSR count). The van der Waals surface area contributed by atoms with Crippen molar-refractivity contribution in [2.75, 3.05) is 0 Å². The topological polar surface area (TPSA) is 9.86 Å². The van der Waals surface area contributed by atoms with E-state index in [2.05, 4.69) is 302 Å². The average Bonchev–Trinajstić information content (AvgIpc) is 4.24. The molecule has 13 aromatic carbocycles. The minimum Gasteiger partial charge on any atom is -0.309 e. The van der Waals surface area contributed by atoms with Crippen LogP contribution < -0.4 is 0 Å². The molecule has 0 amide bonds. The van der Waals surface area contributed by atoms with Gasteiger partial charge in [-0.25, -0.2) is 0 Å². The zero-order valence-corrected chi connectivity index (χ0v) is 44.0. The Bertz CT molecular complexity index is 4680. The Morgan fingerprint density at radius 2 is 0.633 bits per heavy atom. The van der Waals surface area contributed by atoms with Gasteiger partial charge in [-0.1, -0.05) is 248 Å². The predicted molar refractivity (Wildman–Crippen MR) is 333 cm³/mol. The van der Waals surface area contributed by atoms with Crippen LogP contribution in [-0.4, -0.2) is 9.13 Å². The van der Waals surface area contributed by atoms with Gasteiger partial charge >= 0.3 is 0 Å². The SMILES string of the molecule is Cc1ccc(C2(c3ccc(C)cc3)c3ccccc3-c3c(-c4c5cccc(-c6cccc7c8ccccc8n(-c8ccccc8)c67)c5cc5c(-c6cccc7c8ccccc8n(-c8ccccc8)c67)cccc45)cccc32)cc1. The van der Waals surface area contributed by atoms with Crippen molar-refractivity contribution in [1.29, 1.82) is 0 Å². The second-order valence-electron chi connectivity index (χ2n) is 21.6. The maximum atomic E-state index is 2.53. The van der Waals surface area contributed by atoms with Crippen molar-refractivity contribution in [3.05, 3.63) is 312 Å². The highest BCUT2D eigenvalue weighted by Crippen LogP contribution is 2.60. The van der Waals surface area contributed by atoms with E-state index in [1.165, 1.54) is 143 Å². The molecule has 79 heavy (non-hydrogen) atoms. The third-order valence-electron chi connectivity index (χ3n) is 17.3. The molecule has 1 aliphatic carbocycles. The first-order chi connectivity index (χ1) is 39.1. The number of fused-ring (bicyclic) bond motifs is 11. The zero-order valence-electron chi connectivity index (χ0n) is 44.0. The summed E-state index contributed by atoms with van der Waals surface area (Å²) in [5.74, 6) is 0. The molecule has 0 aliphatic heterocycles. The summed E-state index contributed by atoms with van der Waals surface area (Å²) in [6.07, 6.45) is 0. The highest BCUT2D eigenvalue weighted by Gasteiger charge is 2.47. The lowest BCUT2D eigenvalue weighted by Gasteiger charge is -2.34. The second kappa shape index (κ2) is 17.5. The lowest BCUT2D eigenvalue weighted by Crippen LogP contribution is -2.28. The van der Waals surface area contributed by atoms with Gasteiger partial charge in [0.1, 0.15) is 0 Å². The number of rotatable bonds is 7.